The van der Waals surface area contributed by atoms with Crippen LogP contribution < -0.4 is 0 Å². The maximum absolute atomic E-state index is 11.0. The highest BCUT2D eigenvalue weighted by atomic mass is 16.6. The second-order valence-corrected chi connectivity index (χ2v) is 4.10. The number of carbonyl (C=O) groups excluding carboxylic acids is 2. The van der Waals surface area contributed by atoms with Crippen molar-refractivity contribution in [1.82, 2.24) is 0 Å². The van der Waals surface area contributed by atoms with Crippen LogP contribution in [0, 0.1) is 0 Å². The van der Waals surface area contributed by atoms with Gasteiger partial charge in [-0.25, -0.2) is 0 Å². The van der Waals surface area contributed by atoms with E-state index in [9.17, 15) is 14.7 Å². The second-order valence-electron chi connectivity index (χ2n) is 4.10. The monoisotopic (exact) mass is 230 g/mol. The van der Waals surface area contributed by atoms with Crippen LogP contribution in [-0.2, 0) is 23.8 Å². The molecule has 6 heteroatoms. The summed E-state index contributed by atoms with van der Waals surface area (Å²) in [6.45, 7) is 2.93. The average molecular weight is 230 g/mol. The predicted octanol–water partition coefficient (Wildman–Crippen LogP) is -0.618. The van der Waals surface area contributed by atoms with E-state index in [2.05, 4.69) is 0 Å². The summed E-state index contributed by atoms with van der Waals surface area (Å²) < 4.78 is 15.3. The topological polar surface area (TPSA) is 82.1 Å². The Hall–Kier alpha value is -1.14. The molecule has 0 amide bonds. The maximum Gasteiger partial charge on any atom is 0.309 e. The van der Waals surface area contributed by atoms with Gasteiger partial charge in [-0.2, -0.15) is 0 Å². The molecule has 2 aliphatic heterocycles. The van der Waals surface area contributed by atoms with E-state index in [0.717, 1.165) is 0 Å². The molecule has 0 aromatic carbocycles. The smallest absolute Gasteiger partial charge is 0.309 e. The Kier molecular flexibility index (Phi) is 2.86. The first-order valence-electron chi connectivity index (χ1n) is 5.19. The van der Waals surface area contributed by atoms with E-state index in [0.29, 0.717) is 0 Å². The second kappa shape index (κ2) is 4.03. The summed E-state index contributed by atoms with van der Waals surface area (Å²) in [4.78, 5) is 21.7. The largest absolute Gasteiger partial charge is 0.460 e. The molecular weight excluding hydrogens is 216 g/mol. The maximum atomic E-state index is 11.0. The summed E-state index contributed by atoms with van der Waals surface area (Å²) in [6.07, 6.45) is -3.04. The van der Waals surface area contributed by atoms with E-state index in [-0.39, 0.29) is 12.4 Å². The Bertz CT molecular complexity index is 314. The number of fused-ring (bicyclic) bond motifs is 1. The molecule has 1 N–H and O–H groups in total. The minimum atomic E-state index is -0.939. The molecule has 2 aliphatic rings. The Morgan fingerprint density at radius 3 is 2.88 bits per heavy atom. The van der Waals surface area contributed by atoms with Crippen molar-refractivity contribution in [3.8, 4) is 0 Å². The highest BCUT2D eigenvalue weighted by Gasteiger charge is 2.53. The molecule has 0 radical (unpaired) electrons. The number of aliphatic hydroxyl groups excluding tert-OH is 1. The van der Waals surface area contributed by atoms with Gasteiger partial charge in [0.1, 0.15) is 24.4 Å². The fourth-order valence-corrected chi connectivity index (χ4v) is 2.16. The summed E-state index contributed by atoms with van der Waals surface area (Å²) in [7, 11) is 0. The lowest BCUT2D eigenvalue weighted by Gasteiger charge is -2.22. The zero-order valence-corrected chi connectivity index (χ0v) is 9.08. The Morgan fingerprint density at radius 1 is 1.62 bits per heavy atom. The van der Waals surface area contributed by atoms with Crippen molar-refractivity contribution in [2.45, 2.75) is 50.8 Å². The summed E-state index contributed by atoms with van der Waals surface area (Å²) in [6, 6.07) is 0. The first-order chi connectivity index (χ1) is 7.49. The molecule has 5 atom stereocenters. The van der Waals surface area contributed by atoms with E-state index in [1.807, 2.05) is 0 Å². The van der Waals surface area contributed by atoms with Gasteiger partial charge in [0.05, 0.1) is 6.42 Å². The van der Waals surface area contributed by atoms with Gasteiger partial charge in [-0.3, -0.25) is 9.59 Å². The van der Waals surface area contributed by atoms with Gasteiger partial charge in [-0.05, 0) is 6.92 Å². The average Bonchev–Trinajstić information content (AvgIpc) is 2.64. The van der Waals surface area contributed by atoms with Crippen LogP contribution in [0.3, 0.4) is 0 Å². The van der Waals surface area contributed by atoms with Crippen molar-refractivity contribution in [3.63, 3.8) is 0 Å². The molecular formula is C10H14O6. The molecule has 6 nitrogen and oxygen atoms in total. The summed E-state index contributed by atoms with van der Waals surface area (Å²) in [5, 5.41) is 9.87. The van der Waals surface area contributed by atoms with Gasteiger partial charge >= 0.3 is 11.9 Å². The summed E-state index contributed by atoms with van der Waals surface area (Å²) in [5.74, 6) is -0.801. The lowest BCUT2D eigenvalue weighted by molar-refractivity contribution is -0.159. The first kappa shape index (κ1) is 11.3. The SMILES string of the molecule is CC(=O)O[C@H](C)[C@H]1O[C@H]2CC(=O)O[C@H]2[C@@H]1O. The quantitative estimate of drug-likeness (QED) is 0.637. The summed E-state index contributed by atoms with van der Waals surface area (Å²) in [5.41, 5.74) is 0. The van der Waals surface area contributed by atoms with Gasteiger partial charge < -0.3 is 19.3 Å². The van der Waals surface area contributed by atoms with E-state index in [4.69, 9.17) is 14.2 Å². The summed E-state index contributed by atoms with van der Waals surface area (Å²) >= 11 is 0. The number of aliphatic hydroxyl groups is 1. The van der Waals surface area contributed by atoms with Crippen LogP contribution >= 0.6 is 0 Å². The third kappa shape index (κ3) is 1.90. The molecule has 2 heterocycles. The van der Waals surface area contributed by atoms with Crippen molar-refractivity contribution in [2.75, 3.05) is 0 Å². The van der Waals surface area contributed by atoms with Crippen LogP contribution in [0.1, 0.15) is 20.3 Å². The molecule has 0 spiro atoms. The number of hydrogen-bond donors (Lipinski definition) is 1. The van der Waals surface area contributed by atoms with E-state index >= 15 is 0 Å². The van der Waals surface area contributed by atoms with E-state index < -0.39 is 36.5 Å². The standard InChI is InChI=1S/C10H14O6/c1-4(14-5(2)11)9-8(13)10-6(15-9)3-7(12)16-10/h4,6,8-10,13H,3H2,1-2H3/t4-,6+,8-,9-,10-/m1/s1. The molecule has 0 aliphatic carbocycles. The van der Waals surface area contributed by atoms with Crippen molar-refractivity contribution < 1.29 is 28.9 Å². The zero-order chi connectivity index (χ0) is 11.9. The highest BCUT2D eigenvalue weighted by molar-refractivity contribution is 5.73. The van der Waals surface area contributed by atoms with E-state index in [1.54, 1.807) is 6.92 Å². The van der Waals surface area contributed by atoms with Crippen LogP contribution in [0.4, 0.5) is 0 Å². The highest BCUT2D eigenvalue weighted by Crippen LogP contribution is 2.33. The van der Waals surface area contributed by atoms with E-state index in [1.165, 1.54) is 6.92 Å². The van der Waals surface area contributed by atoms with Crippen molar-refractivity contribution in [3.05, 3.63) is 0 Å². The molecule has 0 aromatic rings. The molecule has 2 saturated heterocycles. The lowest BCUT2D eigenvalue weighted by Crippen LogP contribution is -2.40. The third-order valence-corrected chi connectivity index (χ3v) is 2.82. The number of esters is 2. The Morgan fingerprint density at radius 2 is 2.31 bits per heavy atom. The van der Waals surface area contributed by atoms with Crippen molar-refractivity contribution >= 4 is 11.9 Å². The molecule has 0 aromatic heterocycles. The Labute approximate surface area is 92.5 Å². The predicted molar refractivity (Wildman–Crippen MR) is 50.4 cm³/mol. The Balaban J connectivity index is 2.00. The van der Waals surface area contributed by atoms with Gasteiger partial charge in [0.2, 0.25) is 0 Å². The number of carbonyl (C=O) groups is 2. The lowest BCUT2D eigenvalue weighted by atomic mass is 10.0. The van der Waals surface area contributed by atoms with Crippen LogP contribution in [-0.4, -0.2) is 47.6 Å². The van der Waals surface area contributed by atoms with Gasteiger partial charge in [-0.1, -0.05) is 0 Å². The zero-order valence-electron chi connectivity index (χ0n) is 9.08. The van der Waals surface area contributed by atoms with Crippen molar-refractivity contribution in [2.24, 2.45) is 0 Å². The third-order valence-electron chi connectivity index (χ3n) is 2.82. The molecule has 2 fully saturated rings. The van der Waals surface area contributed by atoms with Crippen LogP contribution in [0.15, 0.2) is 0 Å². The van der Waals surface area contributed by atoms with Crippen LogP contribution in [0.2, 0.25) is 0 Å². The normalized spacial score (nSPS) is 39.1. The molecule has 90 valence electrons. The fraction of sp³-hybridized carbons (Fsp3) is 0.800. The fourth-order valence-electron chi connectivity index (χ4n) is 2.16. The van der Waals surface area contributed by atoms with Gasteiger partial charge in [0.25, 0.3) is 0 Å². The molecule has 16 heavy (non-hydrogen) atoms. The van der Waals surface area contributed by atoms with Gasteiger partial charge in [0, 0.05) is 6.92 Å². The number of ether oxygens (including phenoxy) is 3. The van der Waals surface area contributed by atoms with Gasteiger partial charge in [0.15, 0.2) is 6.10 Å². The molecule has 0 bridgehead atoms. The molecule has 2 rings (SSSR count). The molecule has 0 saturated carbocycles. The minimum Gasteiger partial charge on any atom is -0.460 e. The van der Waals surface area contributed by atoms with Crippen LogP contribution in [0.5, 0.6) is 0 Å². The van der Waals surface area contributed by atoms with Crippen LogP contribution in [0.25, 0.3) is 0 Å². The minimum absolute atomic E-state index is 0.144. The molecule has 0 unspecified atom stereocenters. The van der Waals surface area contributed by atoms with Crippen molar-refractivity contribution in [1.29, 1.82) is 0 Å². The number of hydrogen-bond acceptors (Lipinski definition) is 6. The van der Waals surface area contributed by atoms with Gasteiger partial charge in [-0.15, -0.1) is 0 Å². The first-order valence-corrected chi connectivity index (χ1v) is 5.19. The number of rotatable bonds is 2.